The van der Waals surface area contributed by atoms with E-state index in [-0.39, 0.29) is 88.9 Å². The molecule has 524 valence electrons. The third-order valence-electron chi connectivity index (χ3n) is 14.9. The highest BCUT2D eigenvalue weighted by molar-refractivity contribution is 7.86. The van der Waals surface area contributed by atoms with Gasteiger partial charge in [0, 0.05) is 87.7 Å². The molecule has 4 N–H and O–H groups in total. The van der Waals surface area contributed by atoms with Gasteiger partial charge in [-0.25, -0.2) is 4.79 Å². The largest absolute Gasteiger partial charge is 0.492 e. The van der Waals surface area contributed by atoms with E-state index in [2.05, 4.69) is 4.90 Å². The molecule has 2 aromatic carbocycles. The molecule has 93 heavy (non-hydrogen) atoms. The van der Waals surface area contributed by atoms with Crippen molar-refractivity contribution in [2.24, 2.45) is 0 Å². The van der Waals surface area contributed by atoms with Gasteiger partial charge in [-0.1, -0.05) is 18.2 Å². The Bertz CT molecular complexity index is 3010. The van der Waals surface area contributed by atoms with Crippen molar-refractivity contribution < 1.29 is 121 Å². The maximum Gasteiger partial charge on any atom is 0.335 e. The molecule has 0 radical (unpaired) electrons. The lowest BCUT2D eigenvalue weighted by molar-refractivity contribution is -0.442. The molecule has 0 saturated carbocycles. The molecule has 0 amide bonds. The fraction of sp³-hybridized carbons (Fsp3) is 0.619. The van der Waals surface area contributed by atoms with E-state index in [0.717, 1.165) is 17.1 Å². The Balaban J connectivity index is 1.38. The van der Waals surface area contributed by atoms with Crippen LogP contribution in [0.5, 0.6) is 11.8 Å². The number of carbonyl (C=O) groups excluding carboxylic acids is 1. The van der Waals surface area contributed by atoms with E-state index in [1.54, 1.807) is 33.5 Å². The minimum Gasteiger partial charge on any atom is -0.492 e. The lowest BCUT2D eigenvalue weighted by Gasteiger charge is -2.30. The first-order valence-corrected chi connectivity index (χ1v) is 33.7. The van der Waals surface area contributed by atoms with Crippen LogP contribution >= 0.6 is 0 Å². The number of nitrogens with zero attached hydrogens (tertiary/aromatic N) is 3. The smallest absolute Gasteiger partial charge is 0.335 e. The number of rotatable bonds is 54. The Morgan fingerprint density at radius 2 is 0.892 bits per heavy atom. The number of hydrogen-bond donors (Lipinski definition) is 4. The van der Waals surface area contributed by atoms with E-state index in [9.17, 15) is 40.9 Å². The van der Waals surface area contributed by atoms with E-state index in [0.29, 0.717) is 153 Å². The second kappa shape index (κ2) is 43.0. The van der Waals surface area contributed by atoms with E-state index >= 15 is 0 Å². The summed E-state index contributed by atoms with van der Waals surface area (Å²) in [5.41, 5.74) is 2.52. The topological polar surface area (TPSA) is 325 Å². The Labute approximate surface area is 546 Å². The summed E-state index contributed by atoms with van der Waals surface area (Å²) in [6.07, 6.45) is 10.1. The van der Waals surface area contributed by atoms with Crippen molar-refractivity contribution in [3.63, 3.8) is 0 Å². The van der Waals surface area contributed by atoms with Crippen molar-refractivity contribution in [3.05, 3.63) is 95.7 Å². The molecule has 5 rings (SSSR count). The highest BCUT2D eigenvalue weighted by Crippen LogP contribution is 2.51. The van der Waals surface area contributed by atoms with E-state index in [1.807, 2.05) is 48.8 Å². The zero-order chi connectivity index (χ0) is 67.2. The molecular formula is C63H96N3O25S2+. The summed E-state index contributed by atoms with van der Waals surface area (Å²) < 4.78 is 158. The summed E-state index contributed by atoms with van der Waals surface area (Å²) >= 11 is 0. The molecule has 0 spiro atoms. The van der Waals surface area contributed by atoms with Crippen molar-refractivity contribution >= 4 is 43.3 Å². The van der Waals surface area contributed by atoms with Crippen LogP contribution in [0.2, 0.25) is 0 Å². The summed E-state index contributed by atoms with van der Waals surface area (Å²) in [5.74, 6) is -1.60. The molecule has 28 nitrogen and oxygen atoms in total. The van der Waals surface area contributed by atoms with Gasteiger partial charge in [0.25, 0.3) is 20.2 Å². The number of methoxy groups -OCH3 is 3. The third kappa shape index (κ3) is 26.7. The maximum atomic E-state index is 12.7. The first-order chi connectivity index (χ1) is 44.9. The Morgan fingerprint density at radius 3 is 1.37 bits per heavy atom. The predicted octanol–water partition coefficient (Wildman–Crippen LogP) is 4.49. The van der Waals surface area contributed by atoms with Crippen LogP contribution in [0.1, 0.15) is 44.2 Å². The molecule has 2 atom stereocenters. The molecule has 0 saturated heterocycles. The Morgan fingerprint density at radius 1 is 0.484 bits per heavy atom. The summed E-state index contributed by atoms with van der Waals surface area (Å²) in [5, 5.41) is 19.4. The van der Waals surface area contributed by atoms with E-state index < -0.39 is 48.8 Å². The van der Waals surface area contributed by atoms with Gasteiger partial charge < -0.3 is 91.0 Å². The Hall–Kier alpha value is -5.30. The lowest BCUT2D eigenvalue weighted by Crippen LogP contribution is -2.33. The summed E-state index contributed by atoms with van der Waals surface area (Å²) in [6.45, 7) is 13.4. The average Bonchev–Trinajstić information content (AvgIpc) is 1.59. The van der Waals surface area contributed by atoms with Gasteiger partial charge in [0.05, 0.1) is 180 Å². The third-order valence-corrected chi connectivity index (χ3v) is 16.6. The molecule has 0 fully saturated rings. The van der Waals surface area contributed by atoms with Gasteiger partial charge in [0.15, 0.2) is 12.3 Å². The van der Waals surface area contributed by atoms with Gasteiger partial charge in [-0.15, -0.1) is 4.73 Å². The normalized spacial score (nSPS) is 17.1. The Kier molecular flexibility index (Phi) is 36.2. The highest BCUT2D eigenvalue weighted by atomic mass is 32.2. The van der Waals surface area contributed by atoms with Gasteiger partial charge in [0.2, 0.25) is 17.4 Å². The minimum absolute atomic E-state index is 0.00899. The second-order valence-corrected chi connectivity index (χ2v) is 24.2. The van der Waals surface area contributed by atoms with E-state index in [1.165, 1.54) is 36.4 Å². The molecule has 1 aromatic heterocycles. The summed E-state index contributed by atoms with van der Waals surface area (Å²) in [4.78, 5) is 18.6. The molecule has 2 aliphatic heterocycles. The number of aromatic nitrogens is 1. The van der Waals surface area contributed by atoms with Crippen molar-refractivity contribution in [2.45, 2.75) is 53.7 Å². The van der Waals surface area contributed by atoms with Crippen LogP contribution in [0, 0.1) is 0 Å². The maximum absolute atomic E-state index is 12.7. The first-order valence-electron chi connectivity index (χ1n) is 30.8. The number of carbonyl (C=O) groups is 1. The molecule has 2 unspecified atom stereocenters. The fourth-order valence-corrected chi connectivity index (χ4v) is 11.0. The van der Waals surface area contributed by atoms with Gasteiger partial charge in [-0.05, 0) is 68.7 Å². The van der Waals surface area contributed by atoms with Crippen LogP contribution < -0.4 is 9.74 Å². The predicted molar refractivity (Wildman–Crippen MR) is 339 cm³/mol. The quantitative estimate of drug-likeness (QED) is 0.0262. The zero-order valence-electron chi connectivity index (χ0n) is 54.2. The highest BCUT2D eigenvalue weighted by Gasteiger charge is 2.48. The number of fused-ring (bicyclic) bond motifs is 2. The van der Waals surface area contributed by atoms with Crippen molar-refractivity contribution in [1.82, 2.24) is 4.73 Å². The minimum atomic E-state index is -4.62. The summed E-state index contributed by atoms with van der Waals surface area (Å²) in [6, 6.07) is 11.4. The van der Waals surface area contributed by atoms with E-state index in [4.69, 9.17) is 75.9 Å². The SMILES string of the molecule is COCCOCCOCCOCCN1/C(=C/C=C/C=C/C2=[N+](CCOCCOCCOCCC(=O)On3c(O)ccc3O)c3ccc(S(=O)(=O)O)cc3C2(C)CCOCCOCCOCCOC)C(C)(CCOCCOCCOCCOC)c2cc(S(=O)(=O)O)ccc21. The van der Waals surface area contributed by atoms with Crippen LogP contribution in [0.3, 0.4) is 0 Å². The fourth-order valence-electron chi connectivity index (χ4n) is 10.0. The number of allylic oxidation sites excluding steroid dienone is 6. The average molecular weight is 1360 g/mol. The number of hydrogen-bond acceptors (Lipinski definition) is 24. The van der Waals surface area contributed by atoms with Crippen molar-refractivity contribution in [1.29, 1.82) is 0 Å². The molecular weight excluding hydrogens is 1260 g/mol. The van der Waals surface area contributed by atoms with Crippen molar-refractivity contribution in [2.75, 3.05) is 218 Å². The number of aromatic hydroxyl groups is 2. The molecule has 3 heterocycles. The van der Waals surface area contributed by atoms with Gasteiger partial charge in [-0.3, -0.25) is 9.11 Å². The van der Waals surface area contributed by atoms with Gasteiger partial charge in [0.1, 0.15) is 6.61 Å². The monoisotopic (exact) mass is 1360 g/mol. The molecule has 2 aliphatic rings. The van der Waals surface area contributed by atoms with Crippen LogP contribution in [0.25, 0.3) is 0 Å². The van der Waals surface area contributed by atoms with Gasteiger partial charge in [-0.2, -0.15) is 21.4 Å². The van der Waals surface area contributed by atoms with Gasteiger partial charge >= 0.3 is 5.97 Å². The number of benzene rings is 2. The first kappa shape index (κ1) is 78.4. The molecule has 30 heteroatoms. The van der Waals surface area contributed by atoms with Crippen molar-refractivity contribution in [3.8, 4) is 11.8 Å². The number of anilines is 1. The lowest BCUT2D eigenvalue weighted by atomic mass is 9.76. The second-order valence-electron chi connectivity index (χ2n) is 21.3. The van der Waals surface area contributed by atoms with Crippen LogP contribution in [-0.4, -0.2) is 270 Å². The van der Waals surface area contributed by atoms with Crippen LogP contribution in [0.4, 0.5) is 11.4 Å². The molecule has 0 bridgehead atoms. The molecule has 0 aliphatic carbocycles. The van der Waals surface area contributed by atoms with Crippen LogP contribution in [-0.2, 0) is 107 Å². The standard InChI is InChI=1S/C63H95N3O25S2/c1-62(18-23-80-34-39-88-46-43-84-30-27-76-3)53-49-51(92(70,71)72)11-13-55(53)64(20-25-82-36-41-87-38-33-79-22-17-61(69)91-66-59(67)15-16-60(66)68)57(62)9-7-6-8-10-58-63(2,19-24-81-35-40-89-47-44-85-31-28-77-4)54-50-52(93(73,74)75)12-14-56(54)65(58)21-26-83-37-42-90-48-45-86-32-29-78-5/h6-16,49-50H,17-48H2,1-5H3,(H3-,67,68,70,71,72,73,74,75)/p+1. The molecule has 3 aromatic rings. The zero-order valence-corrected chi connectivity index (χ0v) is 55.8. The van der Waals surface area contributed by atoms with Crippen LogP contribution in [0.15, 0.2) is 94.4 Å². The summed E-state index contributed by atoms with van der Waals surface area (Å²) in [7, 11) is -4.41. The number of ether oxygens (including phenoxy) is 15.